The van der Waals surface area contributed by atoms with Gasteiger partial charge in [0.2, 0.25) is 23.6 Å². The van der Waals surface area contributed by atoms with Crippen molar-refractivity contribution in [3.05, 3.63) is 36.2 Å². The van der Waals surface area contributed by atoms with E-state index in [-0.39, 0.29) is 29.3 Å². The van der Waals surface area contributed by atoms with Gasteiger partial charge >= 0.3 is 0 Å². The molecule has 1 aromatic heterocycles. The third-order valence-electron chi connectivity index (χ3n) is 5.43. The molecule has 1 aromatic carbocycles. The van der Waals surface area contributed by atoms with Gasteiger partial charge in [0.1, 0.15) is 6.04 Å². The Morgan fingerprint density at radius 1 is 1.36 bits per heavy atom. The van der Waals surface area contributed by atoms with E-state index in [4.69, 9.17) is 4.42 Å². The van der Waals surface area contributed by atoms with Crippen molar-refractivity contribution >= 4 is 23.6 Å². The first-order chi connectivity index (χ1) is 13.4. The Morgan fingerprint density at radius 2 is 2.11 bits per heavy atom. The van der Waals surface area contributed by atoms with E-state index >= 15 is 0 Å². The minimum Gasteiger partial charge on any atom is -0.419 e. The molecule has 0 N–H and O–H groups in total. The molecule has 148 valence electrons. The van der Waals surface area contributed by atoms with Crippen LogP contribution in [0.5, 0.6) is 0 Å². The Balaban J connectivity index is 1.53. The van der Waals surface area contributed by atoms with E-state index < -0.39 is 6.04 Å². The van der Waals surface area contributed by atoms with Crippen LogP contribution in [0.15, 0.2) is 34.7 Å². The second-order valence-electron chi connectivity index (χ2n) is 7.69. The summed E-state index contributed by atoms with van der Waals surface area (Å²) in [7, 11) is 0. The minimum absolute atomic E-state index is 0.0471. The van der Waals surface area contributed by atoms with Gasteiger partial charge in [-0.25, -0.2) is 0 Å². The molecule has 0 spiro atoms. The van der Waals surface area contributed by atoms with Crippen LogP contribution in [0.2, 0.25) is 0 Å². The SMILES string of the molecule is CC(C)N(Cc1nnc(-c2ccccc2)o1)C(=O)[C@@H]1CS[C@]2(C)CCC(=O)N12. The average molecular weight is 401 g/mol. The molecule has 7 nitrogen and oxygen atoms in total. The lowest BCUT2D eigenvalue weighted by molar-refractivity contribution is -0.145. The number of hydrogen-bond donors (Lipinski definition) is 0. The fraction of sp³-hybridized carbons (Fsp3) is 0.500. The molecular weight excluding hydrogens is 376 g/mol. The van der Waals surface area contributed by atoms with Crippen molar-refractivity contribution in [3.63, 3.8) is 0 Å². The van der Waals surface area contributed by atoms with Gasteiger partial charge in [-0.15, -0.1) is 22.0 Å². The number of amides is 2. The van der Waals surface area contributed by atoms with Crippen LogP contribution in [0.25, 0.3) is 11.5 Å². The number of carbonyl (C=O) groups excluding carboxylic acids is 2. The third kappa shape index (κ3) is 3.30. The summed E-state index contributed by atoms with van der Waals surface area (Å²) >= 11 is 1.70. The van der Waals surface area contributed by atoms with Crippen LogP contribution < -0.4 is 0 Å². The van der Waals surface area contributed by atoms with Gasteiger partial charge in [0.05, 0.1) is 11.4 Å². The molecule has 2 fully saturated rings. The number of hydrogen-bond acceptors (Lipinski definition) is 6. The second-order valence-corrected chi connectivity index (χ2v) is 9.19. The zero-order valence-electron chi connectivity index (χ0n) is 16.3. The average Bonchev–Trinajstić information content (AvgIpc) is 3.36. The first kappa shape index (κ1) is 19.0. The van der Waals surface area contributed by atoms with Gasteiger partial charge in [0.15, 0.2) is 0 Å². The van der Waals surface area contributed by atoms with Crippen LogP contribution in [0, 0.1) is 0 Å². The van der Waals surface area contributed by atoms with Crippen molar-refractivity contribution in [1.29, 1.82) is 0 Å². The smallest absolute Gasteiger partial charge is 0.247 e. The van der Waals surface area contributed by atoms with Gasteiger partial charge in [0, 0.05) is 23.8 Å². The number of aromatic nitrogens is 2. The number of rotatable bonds is 5. The van der Waals surface area contributed by atoms with Crippen molar-refractivity contribution in [2.75, 3.05) is 5.75 Å². The maximum atomic E-state index is 13.3. The van der Waals surface area contributed by atoms with Crippen molar-refractivity contribution < 1.29 is 14.0 Å². The molecule has 2 aliphatic heterocycles. The summed E-state index contributed by atoms with van der Waals surface area (Å²) < 4.78 is 5.79. The molecule has 4 rings (SSSR count). The fourth-order valence-electron chi connectivity index (χ4n) is 3.87. The topological polar surface area (TPSA) is 79.5 Å². The molecule has 0 bridgehead atoms. The molecular formula is C20H24N4O3S. The molecule has 2 atom stereocenters. The molecule has 8 heteroatoms. The highest BCUT2D eigenvalue weighted by atomic mass is 32.2. The fourth-order valence-corrected chi connectivity index (χ4v) is 5.29. The highest BCUT2D eigenvalue weighted by Crippen LogP contribution is 2.47. The Kier molecular flexibility index (Phi) is 4.91. The molecule has 0 unspecified atom stereocenters. The van der Waals surface area contributed by atoms with E-state index in [2.05, 4.69) is 17.1 Å². The lowest BCUT2D eigenvalue weighted by Gasteiger charge is -2.34. The van der Waals surface area contributed by atoms with Gasteiger partial charge in [-0.2, -0.15) is 0 Å². The maximum absolute atomic E-state index is 13.3. The van der Waals surface area contributed by atoms with Crippen LogP contribution in [-0.2, 0) is 16.1 Å². The minimum atomic E-state index is -0.427. The quantitative estimate of drug-likeness (QED) is 0.768. The summed E-state index contributed by atoms with van der Waals surface area (Å²) in [4.78, 5) is 29.0. The summed E-state index contributed by atoms with van der Waals surface area (Å²) in [6, 6.07) is 9.07. The van der Waals surface area contributed by atoms with Crippen molar-refractivity contribution in [2.45, 2.75) is 57.1 Å². The van der Waals surface area contributed by atoms with Gasteiger partial charge < -0.3 is 14.2 Å². The zero-order chi connectivity index (χ0) is 19.9. The summed E-state index contributed by atoms with van der Waals surface area (Å²) in [6.45, 7) is 6.20. The zero-order valence-corrected chi connectivity index (χ0v) is 17.1. The van der Waals surface area contributed by atoms with E-state index in [0.717, 1.165) is 12.0 Å². The number of thioether (sulfide) groups is 1. The first-order valence-corrected chi connectivity index (χ1v) is 10.5. The van der Waals surface area contributed by atoms with Crippen molar-refractivity contribution in [3.8, 4) is 11.5 Å². The van der Waals surface area contributed by atoms with Crippen molar-refractivity contribution in [2.24, 2.45) is 0 Å². The van der Waals surface area contributed by atoms with Crippen LogP contribution in [-0.4, -0.2) is 54.5 Å². The van der Waals surface area contributed by atoms with E-state index in [1.807, 2.05) is 44.2 Å². The van der Waals surface area contributed by atoms with Gasteiger partial charge in [-0.05, 0) is 39.3 Å². The standard InChI is InChI=1S/C20H24N4O3S/c1-13(2)23(11-16-21-22-18(27-16)14-7-5-4-6-8-14)19(26)15-12-28-20(3)10-9-17(25)24(15)20/h4-8,13,15H,9-12H2,1-3H3/t15-,20+/m0/s1. The maximum Gasteiger partial charge on any atom is 0.247 e. The Bertz CT molecular complexity index is 885. The van der Waals surface area contributed by atoms with E-state index in [9.17, 15) is 9.59 Å². The lowest BCUT2D eigenvalue weighted by Crippen LogP contribution is -2.52. The number of benzene rings is 1. The molecule has 2 aliphatic rings. The largest absolute Gasteiger partial charge is 0.419 e. The molecule has 28 heavy (non-hydrogen) atoms. The Labute approximate surface area is 168 Å². The van der Waals surface area contributed by atoms with E-state index in [1.54, 1.807) is 21.6 Å². The Morgan fingerprint density at radius 3 is 2.82 bits per heavy atom. The van der Waals surface area contributed by atoms with Gasteiger partial charge in [-0.1, -0.05) is 18.2 Å². The van der Waals surface area contributed by atoms with Gasteiger partial charge in [0.25, 0.3) is 0 Å². The van der Waals surface area contributed by atoms with Gasteiger partial charge in [-0.3, -0.25) is 9.59 Å². The number of carbonyl (C=O) groups is 2. The van der Waals surface area contributed by atoms with E-state index in [1.165, 1.54) is 0 Å². The molecule has 0 aliphatic carbocycles. The summed E-state index contributed by atoms with van der Waals surface area (Å²) in [6.07, 6.45) is 1.31. The third-order valence-corrected chi connectivity index (χ3v) is 6.93. The molecule has 0 saturated carbocycles. The Hall–Kier alpha value is -2.35. The van der Waals surface area contributed by atoms with Crippen LogP contribution >= 0.6 is 11.8 Å². The summed E-state index contributed by atoms with van der Waals surface area (Å²) in [5, 5.41) is 8.23. The first-order valence-electron chi connectivity index (χ1n) is 9.53. The lowest BCUT2D eigenvalue weighted by atomic mass is 10.1. The molecule has 2 aromatic rings. The molecule has 0 radical (unpaired) electrons. The predicted octanol–water partition coefficient (Wildman–Crippen LogP) is 2.93. The van der Waals surface area contributed by atoms with Crippen LogP contribution in [0.1, 0.15) is 39.5 Å². The highest BCUT2D eigenvalue weighted by molar-refractivity contribution is 8.01. The van der Waals surface area contributed by atoms with Crippen LogP contribution in [0.3, 0.4) is 0 Å². The summed E-state index contributed by atoms with van der Waals surface area (Å²) in [5.41, 5.74) is 0.842. The number of nitrogens with zero attached hydrogens (tertiary/aromatic N) is 4. The highest BCUT2D eigenvalue weighted by Gasteiger charge is 2.53. The van der Waals surface area contributed by atoms with Crippen LogP contribution in [0.4, 0.5) is 0 Å². The monoisotopic (exact) mass is 400 g/mol. The molecule has 2 saturated heterocycles. The van der Waals surface area contributed by atoms with Crippen molar-refractivity contribution in [1.82, 2.24) is 20.0 Å². The predicted molar refractivity (Wildman–Crippen MR) is 106 cm³/mol. The summed E-state index contributed by atoms with van der Waals surface area (Å²) in [5.74, 6) is 1.47. The van der Waals surface area contributed by atoms with E-state index in [0.29, 0.717) is 24.0 Å². The molecule has 3 heterocycles. The molecule has 2 amide bonds. The normalized spacial score (nSPS) is 24.1. The second kappa shape index (κ2) is 7.24. The number of fused-ring (bicyclic) bond motifs is 1.